The van der Waals surface area contributed by atoms with Crippen LogP contribution in [0.3, 0.4) is 0 Å². The van der Waals surface area contributed by atoms with Crippen molar-refractivity contribution in [1.82, 2.24) is 9.88 Å². The molecule has 166 valence electrons. The molecule has 9 heteroatoms. The molecule has 0 unspecified atom stereocenters. The minimum absolute atomic E-state index is 0.122. The van der Waals surface area contributed by atoms with Crippen LogP contribution in [0, 0.1) is 18.6 Å². The summed E-state index contributed by atoms with van der Waals surface area (Å²) < 4.78 is 26.7. The average Bonchev–Trinajstić information content (AvgIpc) is 2.72. The molecule has 7 nitrogen and oxygen atoms in total. The van der Waals surface area contributed by atoms with Gasteiger partial charge in [0.05, 0.1) is 5.56 Å². The highest BCUT2D eigenvalue weighted by Gasteiger charge is 2.20. The van der Waals surface area contributed by atoms with Crippen molar-refractivity contribution in [2.24, 2.45) is 0 Å². The summed E-state index contributed by atoms with van der Waals surface area (Å²) in [6.45, 7) is 1.80. The van der Waals surface area contributed by atoms with Crippen LogP contribution in [0.25, 0.3) is 11.1 Å². The Hall–Kier alpha value is -3.85. The molecule has 0 saturated carbocycles. The fraction of sp³-hybridized carbons (Fsp3) is 0.174. The number of aryl methyl sites for hydroxylation is 1. The van der Waals surface area contributed by atoms with E-state index >= 15 is 0 Å². The zero-order valence-corrected chi connectivity index (χ0v) is 17.7. The van der Waals surface area contributed by atoms with Crippen molar-refractivity contribution in [1.29, 1.82) is 0 Å². The Morgan fingerprint density at radius 3 is 2.34 bits per heavy atom. The number of hydrogen-bond donors (Lipinski definition) is 3. The summed E-state index contributed by atoms with van der Waals surface area (Å²) in [5.74, 6) is -2.78. The first-order valence-electron chi connectivity index (χ1n) is 9.60. The van der Waals surface area contributed by atoms with E-state index in [-0.39, 0.29) is 22.9 Å². The third-order valence-electron chi connectivity index (χ3n) is 4.81. The molecular formula is C23H22F2N4O3. The standard InChI is InChI=1S/C23H22F2N4O3/c1-12-6-17(28-22(31)20(30)13-7-15(24)10-16(25)8-13)4-5-18(12)14-9-19(21(26)27-11-14)23(32)29(2)3/h4-11,20,30H,1-3H3,(H2,26,27)(H,28,31)/t20-/m1/s1. The maximum Gasteiger partial charge on any atom is 0.257 e. The Morgan fingerprint density at radius 1 is 1.09 bits per heavy atom. The van der Waals surface area contributed by atoms with E-state index in [0.717, 1.165) is 23.3 Å². The van der Waals surface area contributed by atoms with Gasteiger partial charge in [-0.25, -0.2) is 13.8 Å². The fourth-order valence-corrected chi connectivity index (χ4v) is 3.20. The second-order valence-electron chi connectivity index (χ2n) is 7.48. The number of nitrogen functional groups attached to an aromatic ring is 1. The number of aliphatic hydroxyl groups is 1. The number of anilines is 2. The van der Waals surface area contributed by atoms with Gasteiger partial charge in [-0.1, -0.05) is 6.07 Å². The molecule has 0 radical (unpaired) electrons. The number of pyridine rings is 1. The van der Waals surface area contributed by atoms with Gasteiger partial charge in [-0.15, -0.1) is 0 Å². The highest BCUT2D eigenvalue weighted by atomic mass is 19.1. The topological polar surface area (TPSA) is 109 Å². The predicted molar refractivity (Wildman–Crippen MR) is 117 cm³/mol. The van der Waals surface area contributed by atoms with Crippen molar-refractivity contribution < 1.29 is 23.5 Å². The SMILES string of the molecule is Cc1cc(NC(=O)[C@H](O)c2cc(F)cc(F)c2)ccc1-c1cnc(N)c(C(=O)N(C)C)c1. The molecule has 0 aliphatic rings. The van der Waals surface area contributed by atoms with Crippen LogP contribution < -0.4 is 11.1 Å². The highest BCUT2D eigenvalue weighted by molar-refractivity contribution is 5.99. The molecule has 1 heterocycles. The van der Waals surface area contributed by atoms with Gasteiger partial charge in [-0.2, -0.15) is 0 Å². The molecule has 1 atom stereocenters. The van der Waals surface area contributed by atoms with E-state index in [1.807, 2.05) is 0 Å². The van der Waals surface area contributed by atoms with Crippen molar-refractivity contribution in [3.8, 4) is 11.1 Å². The molecule has 2 amide bonds. The molecule has 0 aliphatic heterocycles. The molecule has 4 N–H and O–H groups in total. The maximum absolute atomic E-state index is 13.4. The smallest absolute Gasteiger partial charge is 0.257 e. The summed E-state index contributed by atoms with van der Waals surface area (Å²) in [6, 6.07) is 9.06. The molecular weight excluding hydrogens is 418 g/mol. The number of carbonyl (C=O) groups is 2. The quantitative estimate of drug-likeness (QED) is 0.564. The number of nitrogens with zero attached hydrogens (tertiary/aromatic N) is 2. The van der Waals surface area contributed by atoms with Crippen molar-refractivity contribution in [3.05, 3.63) is 77.0 Å². The van der Waals surface area contributed by atoms with Crippen LogP contribution in [0.1, 0.15) is 27.6 Å². The molecule has 3 rings (SSSR count). The third kappa shape index (κ3) is 4.89. The first kappa shape index (κ1) is 22.8. The molecule has 0 fully saturated rings. The van der Waals surface area contributed by atoms with E-state index in [9.17, 15) is 23.5 Å². The van der Waals surface area contributed by atoms with Gasteiger partial charge in [0, 0.05) is 37.6 Å². The van der Waals surface area contributed by atoms with Crippen LogP contribution in [-0.4, -0.2) is 40.9 Å². The number of carbonyl (C=O) groups excluding carboxylic acids is 2. The van der Waals surface area contributed by atoms with Crippen LogP contribution in [-0.2, 0) is 4.79 Å². The van der Waals surface area contributed by atoms with E-state index < -0.39 is 23.6 Å². The molecule has 0 saturated heterocycles. The summed E-state index contributed by atoms with van der Waals surface area (Å²) in [5.41, 5.74) is 8.47. The van der Waals surface area contributed by atoms with Gasteiger partial charge in [0.25, 0.3) is 11.8 Å². The van der Waals surface area contributed by atoms with Crippen LogP contribution in [0.2, 0.25) is 0 Å². The fourth-order valence-electron chi connectivity index (χ4n) is 3.20. The van der Waals surface area contributed by atoms with Crippen LogP contribution in [0.5, 0.6) is 0 Å². The number of amides is 2. The zero-order chi connectivity index (χ0) is 23.6. The van der Waals surface area contributed by atoms with E-state index in [1.165, 1.54) is 4.90 Å². The van der Waals surface area contributed by atoms with Gasteiger partial charge in [0.2, 0.25) is 0 Å². The van der Waals surface area contributed by atoms with Crippen LogP contribution in [0.4, 0.5) is 20.3 Å². The van der Waals surface area contributed by atoms with Crippen molar-refractivity contribution >= 4 is 23.3 Å². The minimum Gasteiger partial charge on any atom is -0.383 e. The van der Waals surface area contributed by atoms with E-state index in [0.29, 0.717) is 17.3 Å². The second-order valence-corrected chi connectivity index (χ2v) is 7.48. The van der Waals surface area contributed by atoms with Crippen molar-refractivity contribution in [2.75, 3.05) is 25.1 Å². The number of aliphatic hydroxyl groups excluding tert-OH is 1. The number of nitrogens with two attached hydrogens (primary N) is 1. The lowest BCUT2D eigenvalue weighted by Gasteiger charge is -2.15. The monoisotopic (exact) mass is 440 g/mol. The summed E-state index contributed by atoms with van der Waals surface area (Å²) in [4.78, 5) is 30.2. The van der Waals surface area contributed by atoms with Crippen LogP contribution >= 0.6 is 0 Å². The number of hydrogen-bond acceptors (Lipinski definition) is 5. The predicted octanol–water partition coefficient (Wildman–Crippen LogP) is 3.29. The highest BCUT2D eigenvalue weighted by Crippen LogP contribution is 2.28. The van der Waals surface area contributed by atoms with Crippen molar-refractivity contribution in [2.45, 2.75) is 13.0 Å². The third-order valence-corrected chi connectivity index (χ3v) is 4.81. The minimum atomic E-state index is -1.75. The number of nitrogens with one attached hydrogen (secondary N) is 1. The normalized spacial score (nSPS) is 11.7. The van der Waals surface area contributed by atoms with Crippen molar-refractivity contribution in [3.63, 3.8) is 0 Å². The molecule has 2 aromatic carbocycles. The molecule has 3 aromatic rings. The lowest BCUT2D eigenvalue weighted by Crippen LogP contribution is -2.23. The molecule has 1 aromatic heterocycles. The first-order valence-corrected chi connectivity index (χ1v) is 9.60. The van der Waals surface area contributed by atoms with Crippen LogP contribution in [0.15, 0.2) is 48.7 Å². The van der Waals surface area contributed by atoms with E-state index in [2.05, 4.69) is 10.3 Å². The summed E-state index contributed by atoms with van der Waals surface area (Å²) in [6.07, 6.45) is -0.203. The molecule has 32 heavy (non-hydrogen) atoms. The maximum atomic E-state index is 13.4. The second kappa shape index (κ2) is 9.11. The number of rotatable bonds is 5. The molecule has 0 aliphatic carbocycles. The van der Waals surface area contributed by atoms with Gasteiger partial charge in [0.15, 0.2) is 6.10 Å². The summed E-state index contributed by atoms with van der Waals surface area (Å²) >= 11 is 0. The van der Waals surface area contributed by atoms with Gasteiger partial charge in [-0.3, -0.25) is 9.59 Å². The Kier molecular flexibility index (Phi) is 6.50. The summed E-state index contributed by atoms with van der Waals surface area (Å²) in [5, 5.41) is 12.7. The Morgan fingerprint density at radius 2 is 1.75 bits per heavy atom. The van der Waals surface area contributed by atoms with Gasteiger partial charge in [-0.05, 0) is 53.9 Å². The van der Waals surface area contributed by atoms with Gasteiger partial charge >= 0.3 is 0 Å². The first-order chi connectivity index (χ1) is 15.1. The van der Waals surface area contributed by atoms with Gasteiger partial charge < -0.3 is 21.1 Å². The lowest BCUT2D eigenvalue weighted by atomic mass is 9.99. The number of halogens is 2. The largest absolute Gasteiger partial charge is 0.383 e. The molecule has 0 bridgehead atoms. The Bertz CT molecular complexity index is 1180. The zero-order valence-electron chi connectivity index (χ0n) is 17.7. The van der Waals surface area contributed by atoms with E-state index in [4.69, 9.17) is 5.73 Å². The Balaban J connectivity index is 1.83. The molecule has 0 spiro atoms. The number of benzene rings is 2. The van der Waals surface area contributed by atoms with Gasteiger partial charge in [0.1, 0.15) is 17.5 Å². The average molecular weight is 440 g/mol. The number of aromatic nitrogens is 1. The summed E-state index contributed by atoms with van der Waals surface area (Å²) in [7, 11) is 3.23. The lowest BCUT2D eigenvalue weighted by molar-refractivity contribution is -0.124. The Labute approximate surface area is 183 Å². The van der Waals surface area contributed by atoms with E-state index in [1.54, 1.807) is 51.5 Å².